The second-order valence-corrected chi connectivity index (χ2v) is 15.5. The third-order valence-corrected chi connectivity index (χ3v) is 12.1. The molecule has 4 fully saturated rings. The number of ether oxygens (including phenoxy) is 4. The minimum absolute atomic E-state index is 0. The van der Waals surface area contributed by atoms with Crippen LogP contribution in [0.25, 0.3) is 26.7 Å². The zero-order chi connectivity index (χ0) is 40.1. The highest BCUT2D eigenvalue weighted by Crippen LogP contribution is 2.39. The monoisotopic (exact) mass is 832 g/mol. The van der Waals surface area contributed by atoms with E-state index in [1.165, 1.54) is 23.9 Å². The van der Waals surface area contributed by atoms with Gasteiger partial charge >= 0.3 is 0 Å². The minimum atomic E-state index is 0. The lowest BCUT2D eigenvalue weighted by Crippen LogP contribution is -2.37. The summed E-state index contributed by atoms with van der Waals surface area (Å²) in [7, 11) is 3.40. The fraction of sp³-hybridized carbons (Fsp3) is 0.545. The normalized spacial score (nSPS) is 18.6. The topological polar surface area (TPSA) is 113 Å². The number of hydrogen-bond acceptors (Lipinski definition) is 11. The van der Waals surface area contributed by atoms with E-state index in [2.05, 4.69) is 72.1 Å². The Kier molecular flexibility index (Phi) is 17.1. The first-order valence-corrected chi connectivity index (χ1v) is 20.7. The summed E-state index contributed by atoms with van der Waals surface area (Å²) in [6.07, 6.45) is 8.08. The van der Waals surface area contributed by atoms with Crippen molar-refractivity contribution >= 4 is 62.9 Å². The molecule has 1 N–H and O–H groups in total. The van der Waals surface area contributed by atoms with E-state index >= 15 is 0 Å². The van der Waals surface area contributed by atoms with Crippen LogP contribution in [0.3, 0.4) is 0 Å². The quantitative estimate of drug-likeness (QED) is 0.184. The van der Waals surface area contributed by atoms with E-state index in [1.807, 2.05) is 19.2 Å². The molecule has 0 aliphatic carbocycles. The van der Waals surface area contributed by atoms with Gasteiger partial charge in [0.1, 0.15) is 11.5 Å². The summed E-state index contributed by atoms with van der Waals surface area (Å²) in [4.78, 5) is 19.7. The maximum atomic E-state index is 8.62. The van der Waals surface area contributed by atoms with Gasteiger partial charge in [-0.2, -0.15) is 5.26 Å². The summed E-state index contributed by atoms with van der Waals surface area (Å²) in [6.45, 7) is 22.0. The molecule has 58 heavy (non-hydrogen) atoms. The van der Waals surface area contributed by atoms with Crippen molar-refractivity contribution in [1.29, 1.82) is 5.26 Å². The molecule has 0 amide bonds. The minimum Gasteiger partial charge on any atom is -0.495 e. The molecule has 0 spiro atoms. The van der Waals surface area contributed by atoms with Crippen molar-refractivity contribution in [2.45, 2.75) is 45.6 Å². The molecule has 0 bridgehead atoms. The molecule has 6 heterocycles. The highest BCUT2D eigenvalue weighted by molar-refractivity contribution is 6.35. The lowest BCUT2D eigenvalue weighted by molar-refractivity contribution is 0.122. The highest BCUT2D eigenvalue weighted by atomic mass is 35.5. The van der Waals surface area contributed by atoms with Gasteiger partial charge in [0.15, 0.2) is 0 Å². The van der Waals surface area contributed by atoms with E-state index in [1.54, 1.807) is 26.5 Å². The lowest BCUT2D eigenvalue weighted by Gasteiger charge is -2.34. The molecular weight excluding hydrogens is 775 g/mol. The number of hydrogen-bond donors (Lipinski definition) is 1. The molecule has 0 saturated carbocycles. The van der Waals surface area contributed by atoms with Gasteiger partial charge in [0.25, 0.3) is 0 Å². The zero-order valence-corrected chi connectivity index (χ0v) is 35.9. The summed E-state index contributed by atoms with van der Waals surface area (Å²) < 4.78 is 22.1. The second-order valence-electron chi connectivity index (χ2n) is 15.1. The van der Waals surface area contributed by atoms with Crippen molar-refractivity contribution in [3.8, 4) is 17.6 Å². The number of pyridine rings is 2. The van der Waals surface area contributed by atoms with Crippen LogP contribution in [0.5, 0.6) is 11.5 Å². The average molecular weight is 834 g/mol. The predicted octanol–water partition coefficient (Wildman–Crippen LogP) is 7.91. The van der Waals surface area contributed by atoms with Crippen molar-refractivity contribution in [2.24, 2.45) is 17.8 Å². The van der Waals surface area contributed by atoms with Crippen LogP contribution in [0.15, 0.2) is 48.8 Å². The first-order valence-electron chi connectivity index (χ1n) is 20.3. The van der Waals surface area contributed by atoms with Crippen LogP contribution >= 0.6 is 24.0 Å². The molecule has 4 aliphatic heterocycles. The number of fused-ring (bicyclic) bond motifs is 2. The standard InChI is InChI=1S/C22H28N4O2.C14H15ClN2O2.C8H14N2.ClH/c1-16(23-2)17-5-8-25(9-6-17)20-4-7-24-19-15-22(27-3)21(14-18(19)20)26-10-12-28-13-11-26;1-18-14-9-12-10(11(15)2-3-16-12)8-13(14)17-4-6-19-7-5-17;1-7(6-9)8-2-4-10-5-3-8;/h4,7,14-17H,5-6,8-13H2,1,3H3;2-3,8-9H,4-7H2,1H3;7-8,10H,2-5H2,1H3;1H. The molecule has 8 rings (SSSR count). The number of benzene rings is 2. The van der Waals surface area contributed by atoms with Crippen molar-refractivity contribution in [3.63, 3.8) is 0 Å². The van der Waals surface area contributed by atoms with Crippen molar-refractivity contribution < 1.29 is 18.9 Å². The van der Waals surface area contributed by atoms with Crippen molar-refractivity contribution in [1.82, 2.24) is 15.3 Å². The molecular formula is C44H58Cl2N8O4. The number of aromatic nitrogens is 2. The van der Waals surface area contributed by atoms with E-state index in [9.17, 15) is 0 Å². The Morgan fingerprint density at radius 1 is 0.759 bits per heavy atom. The van der Waals surface area contributed by atoms with Crippen molar-refractivity contribution in [3.05, 3.63) is 65.2 Å². The molecule has 14 heteroatoms. The maximum Gasteiger partial charge on any atom is 0.223 e. The van der Waals surface area contributed by atoms with Crippen LogP contribution in [0.1, 0.15) is 39.5 Å². The summed E-state index contributed by atoms with van der Waals surface area (Å²) in [5, 5.41) is 14.7. The summed E-state index contributed by atoms with van der Waals surface area (Å²) in [5.41, 5.74) is 5.21. The Morgan fingerprint density at radius 3 is 1.78 bits per heavy atom. The van der Waals surface area contributed by atoms with Crippen LogP contribution < -0.4 is 29.5 Å². The molecule has 0 radical (unpaired) electrons. The largest absolute Gasteiger partial charge is 0.495 e. The second kappa shape index (κ2) is 22.2. The average Bonchev–Trinajstić information content (AvgIpc) is 3.28. The number of methoxy groups -OCH3 is 2. The number of morpholine rings is 2. The van der Waals surface area contributed by atoms with Gasteiger partial charge in [-0.3, -0.25) is 9.97 Å². The third kappa shape index (κ3) is 11.0. The molecule has 4 saturated heterocycles. The van der Waals surface area contributed by atoms with Crippen LogP contribution in [-0.4, -0.2) is 109 Å². The van der Waals surface area contributed by atoms with Crippen molar-refractivity contribution in [2.75, 3.05) is 108 Å². The van der Waals surface area contributed by atoms with E-state index in [0.717, 1.165) is 131 Å². The summed E-state index contributed by atoms with van der Waals surface area (Å²) in [6, 6.07) is 14.6. The van der Waals surface area contributed by atoms with E-state index in [-0.39, 0.29) is 24.4 Å². The first-order chi connectivity index (χ1) is 27.8. The molecule has 4 aromatic rings. The van der Waals surface area contributed by atoms with Gasteiger partial charge in [0.2, 0.25) is 6.04 Å². The molecule has 4 aliphatic rings. The van der Waals surface area contributed by atoms with Gasteiger partial charge in [-0.1, -0.05) is 11.6 Å². The number of piperidine rings is 2. The maximum absolute atomic E-state index is 8.62. The van der Waals surface area contributed by atoms with E-state index in [0.29, 0.717) is 16.9 Å². The number of anilines is 3. The summed E-state index contributed by atoms with van der Waals surface area (Å²) >= 11 is 6.24. The van der Waals surface area contributed by atoms with Gasteiger partial charge in [0, 0.05) is 99.0 Å². The Hall–Kier alpha value is -4.30. The fourth-order valence-electron chi connectivity index (χ4n) is 8.16. The van der Waals surface area contributed by atoms with Crippen LogP contribution in [-0.2, 0) is 9.47 Å². The fourth-order valence-corrected chi connectivity index (χ4v) is 8.37. The molecule has 2 atom stereocenters. The molecule has 312 valence electrons. The van der Waals surface area contributed by atoms with Gasteiger partial charge in [-0.05, 0) is 75.9 Å². The lowest BCUT2D eigenvalue weighted by atomic mass is 9.87. The molecule has 12 nitrogen and oxygen atoms in total. The van der Waals surface area contributed by atoms with Gasteiger partial charge < -0.3 is 43.8 Å². The van der Waals surface area contributed by atoms with Gasteiger partial charge in [0.05, 0.1) is 74.1 Å². The smallest absolute Gasteiger partial charge is 0.223 e. The zero-order valence-electron chi connectivity index (χ0n) is 34.3. The molecule has 2 unspecified atom stereocenters. The number of rotatable bonds is 7. The SMILES string of the molecule is CC(C#N)C1CCNCC1.COc1cc2nccc(Cl)c2cc1N1CCOCC1.Cl.[C-]#[N+]C(C)C1CCN(c2ccnc3cc(OC)c(N4CCOCC4)cc23)CC1. The Balaban J connectivity index is 0.000000184. The van der Waals surface area contributed by atoms with Crippen LogP contribution in [0.2, 0.25) is 5.02 Å². The summed E-state index contributed by atoms with van der Waals surface area (Å²) in [5.74, 6) is 3.09. The first kappa shape index (κ1) is 44.8. The number of nitrogens with one attached hydrogen (secondary N) is 1. The number of nitrogens with zero attached hydrogens (tertiary/aromatic N) is 7. The van der Waals surface area contributed by atoms with Gasteiger partial charge in [-0.15, -0.1) is 12.4 Å². The van der Waals surface area contributed by atoms with E-state index in [4.69, 9.17) is 42.4 Å². The highest BCUT2D eigenvalue weighted by Gasteiger charge is 2.28. The van der Waals surface area contributed by atoms with E-state index < -0.39 is 0 Å². The Morgan fingerprint density at radius 2 is 1.26 bits per heavy atom. The Labute approximate surface area is 355 Å². The molecule has 2 aromatic carbocycles. The Bertz CT molecular complexity index is 2000. The number of halogens is 2. The van der Waals surface area contributed by atoms with Crippen LogP contribution in [0.4, 0.5) is 17.1 Å². The van der Waals surface area contributed by atoms with Gasteiger partial charge in [-0.25, -0.2) is 6.57 Å². The molecule has 2 aromatic heterocycles. The third-order valence-electron chi connectivity index (χ3n) is 11.8. The number of nitriles is 1. The predicted molar refractivity (Wildman–Crippen MR) is 236 cm³/mol. The van der Waals surface area contributed by atoms with Crippen LogP contribution in [0, 0.1) is 35.7 Å².